The maximum Gasteiger partial charge on any atom is 0.347 e. The Morgan fingerprint density at radius 3 is 2.42 bits per heavy atom. The van der Waals surface area contributed by atoms with Crippen molar-refractivity contribution in [2.45, 2.75) is 39.9 Å². The predicted octanol–water partition coefficient (Wildman–Crippen LogP) is 1.83. The van der Waals surface area contributed by atoms with Crippen molar-refractivity contribution in [1.82, 2.24) is 14.9 Å². The molecule has 1 aromatic carbocycles. The Bertz CT molecular complexity index is 1150. The molecule has 0 aliphatic carbocycles. The predicted molar refractivity (Wildman–Crippen MR) is 121 cm³/mol. The standard InChI is InChI=1S/C21H22BrN5O6/c1-11(33-20(31)12(2)32-14(4)29)19(30)27(21-25-9-10-26(21)13(3)28)16-6-5-15-18(17(16)22)24-8-7-23-15/h5-8,11-12H,9-10H2,1-4H3/t11-,12-/m0/s1. The number of hydrogen-bond donors (Lipinski definition) is 0. The van der Waals surface area contributed by atoms with Crippen molar-refractivity contribution >= 4 is 62.4 Å². The van der Waals surface area contributed by atoms with Gasteiger partial charge in [0.2, 0.25) is 11.9 Å². The Labute approximate surface area is 197 Å². The summed E-state index contributed by atoms with van der Waals surface area (Å²) in [5, 5.41) is 0. The molecule has 0 bridgehead atoms. The number of amides is 2. The molecule has 1 aliphatic rings. The molecular formula is C21H22BrN5O6. The monoisotopic (exact) mass is 519 g/mol. The van der Waals surface area contributed by atoms with Gasteiger partial charge in [0, 0.05) is 32.8 Å². The van der Waals surface area contributed by atoms with Crippen LogP contribution in [0.4, 0.5) is 5.69 Å². The van der Waals surface area contributed by atoms with Crippen molar-refractivity contribution in [3.8, 4) is 0 Å². The number of ether oxygens (including phenoxy) is 2. The molecule has 2 amide bonds. The average Bonchev–Trinajstić information content (AvgIpc) is 3.24. The van der Waals surface area contributed by atoms with Crippen LogP contribution in [0.15, 0.2) is 34.0 Å². The van der Waals surface area contributed by atoms with E-state index in [1.165, 1.54) is 36.8 Å². The third kappa shape index (κ3) is 5.16. The summed E-state index contributed by atoms with van der Waals surface area (Å²) in [6.07, 6.45) is 0.587. The van der Waals surface area contributed by atoms with E-state index in [-0.39, 0.29) is 11.9 Å². The second-order valence-corrected chi connectivity index (χ2v) is 7.97. The molecule has 2 heterocycles. The number of aliphatic imine (C=N–C) groups is 1. The number of carbonyl (C=O) groups excluding carboxylic acids is 4. The molecule has 1 aliphatic heterocycles. The average molecular weight is 520 g/mol. The maximum atomic E-state index is 13.5. The molecule has 2 aromatic rings. The van der Waals surface area contributed by atoms with Crippen molar-refractivity contribution < 1.29 is 28.7 Å². The van der Waals surface area contributed by atoms with Crippen LogP contribution in [0.5, 0.6) is 0 Å². The van der Waals surface area contributed by atoms with Crippen LogP contribution in [-0.2, 0) is 28.7 Å². The normalized spacial score (nSPS) is 14.9. The van der Waals surface area contributed by atoms with Crippen molar-refractivity contribution in [2.24, 2.45) is 4.99 Å². The Morgan fingerprint density at radius 1 is 1.06 bits per heavy atom. The number of halogens is 1. The van der Waals surface area contributed by atoms with Gasteiger partial charge in [-0.2, -0.15) is 0 Å². The van der Waals surface area contributed by atoms with Crippen LogP contribution in [0.2, 0.25) is 0 Å². The van der Waals surface area contributed by atoms with E-state index < -0.39 is 30.1 Å². The van der Waals surface area contributed by atoms with Gasteiger partial charge in [-0.1, -0.05) is 0 Å². The van der Waals surface area contributed by atoms with Crippen LogP contribution < -0.4 is 4.90 Å². The lowest BCUT2D eigenvalue weighted by Crippen LogP contribution is -2.51. The second kappa shape index (κ2) is 10.0. The number of benzene rings is 1. The molecule has 12 heteroatoms. The molecule has 3 rings (SSSR count). The second-order valence-electron chi connectivity index (χ2n) is 7.18. The van der Waals surface area contributed by atoms with Gasteiger partial charge in [-0.25, -0.2) is 9.69 Å². The minimum Gasteiger partial charge on any atom is -0.451 e. The molecule has 11 nitrogen and oxygen atoms in total. The Hall–Kier alpha value is -3.41. The highest BCUT2D eigenvalue weighted by molar-refractivity contribution is 9.10. The Morgan fingerprint density at radius 2 is 1.76 bits per heavy atom. The van der Waals surface area contributed by atoms with Gasteiger partial charge in [0.05, 0.1) is 22.2 Å². The number of esters is 2. The number of carbonyl (C=O) groups is 4. The summed E-state index contributed by atoms with van der Waals surface area (Å²) in [6, 6.07) is 3.31. The van der Waals surface area contributed by atoms with Gasteiger partial charge in [-0.05, 0) is 41.9 Å². The number of guanidine groups is 1. The number of nitrogens with zero attached hydrogens (tertiary/aromatic N) is 5. The molecular weight excluding hydrogens is 498 g/mol. The van der Waals surface area contributed by atoms with Crippen molar-refractivity contribution in [2.75, 3.05) is 18.0 Å². The molecule has 0 radical (unpaired) electrons. The highest BCUT2D eigenvalue weighted by atomic mass is 79.9. The zero-order valence-corrected chi connectivity index (χ0v) is 20.0. The van der Waals surface area contributed by atoms with Gasteiger partial charge in [0.25, 0.3) is 5.91 Å². The minimum atomic E-state index is -1.28. The van der Waals surface area contributed by atoms with Crippen molar-refractivity contribution in [3.63, 3.8) is 0 Å². The first-order chi connectivity index (χ1) is 15.6. The lowest BCUT2D eigenvalue weighted by atomic mass is 10.2. The lowest BCUT2D eigenvalue weighted by molar-refractivity contribution is -0.170. The molecule has 0 spiro atoms. The molecule has 0 saturated heterocycles. The van der Waals surface area contributed by atoms with Gasteiger partial charge in [0.15, 0.2) is 12.2 Å². The van der Waals surface area contributed by atoms with Gasteiger partial charge in [-0.15, -0.1) is 0 Å². The molecule has 0 fully saturated rings. The summed E-state index contributed by atoms with van der Waals surface area (Å²) >= 11 is 3.49. The quantitative estimate of drug-likeness (QED) is 0.546. The SMILES string of the molecule is CC(=O)O[C@@H](C)C(=O)O[C@@H](C)C(=O)N(C1=NCCN1C(C)=O)c1ccc2nccnc2c1Br. The van der Waals surface area contributed by atoms with Gasteiger partial charge >= 0.3 is 11.9 Å². The third-order valence-corrected chi connectivity index (χ3v) is 5.52. The van der Waals surface area contributed by atoms with Crippen LogP contribution in [0, 0.1) is 0 Å². The summed E-state index contributed by atoms with van der Waals surface area (Å²) in [5.74, 6) is -2.39. The number of fused-ring (bicyclic) bond motifs is 1. The molecule has 33 heavy (non-hydrogen) atoms. The summed E-state index contributed by atoms with van der Waals surface area (Å²) in [6.45, 7) is 5.87. The van der Waals surface area contributed by atoms with E-state index in [9.17, 15) is 19.2 Å². The fraction of sp³-hybridized carbons (Fsp3) is 0.381. The van der Waals surface area contributed by atoms with Crippen molar-refractivity contribution in [3.05, 3.63) is 29.0 Å². The molecule has 0 N–H and O–H groups in total. The summed E-state index contributed by atoms with van der Waals surface area (Å²) in [4.78, 5) is 64.6. The smallest absolute Gasteiger partial charge is 0.347 e. The first-order valence-corrected chi connectivity index (χ1v) is 10.8. The fourth-order valence-electron chi connectivity index (χ4n) is 3.21. The van der Waals surface area contributed by atoms with E-state index >= 15 is 0 Å². The number of anilines is 1. The van der Waals surface area contributed by atoms with Crippen molar-refractivity contribution in [1.29, 1.82) is 0 Å². The highest BCUT2D eigenvalue weighted by Crippen LogP contribution is 2.33. The van der Waals surface area contributed by atoms with Crippen LogP contribution in [0.25, 0.3) is 11.0 Å². The summed E-state index contributed by atoms with van der Waals surface area (Å²) < 4.78 is 10.5. The molecule has 2 atom stereocenters. The fourth-order valence-corrected chi connectivity index (χ4v) is 3.83. The van der Waals surface area contributed by atoms with Crippen LogP contribution in [0.1, 0.15) is 27.7 Å². The number of aromatic nitrogens is 2. The van der Waals surface area contributed by atoms with E-state index in [2.05, 4.69) is 30.9 Å². The zero-order valence-electron chi connectivity index (χ0n) is 18.4. The first kappa shape index (κ1) is 24.2. The van der Waals surface area contributed by atoms with Gasteiger partial charge in [-0.3, -0.25) is 34.2 Å². The summed E-state index contributed by atoms with van der Waals surface area (Å²) in [5.41, 5.74) is 1.43. The maximum absolute atomic E-state index is 13.5. The molecule has 1 aromatic heterocycles. The van der Waals surface area contributed by atoms with Crippen LogP contribution in [-0.4, -0.2) is 69.9 Å². The van der Waals surface area contributed by atoms with Gasteiger partial charge < -0.3 is 9.47 Å². The number of rotatable bonds is 5. The largest absolute Gasteiger partial charge is 0.451 e. The highest BCUT2D eigenvalue weighted by Gasteiger charge is 2.36. The molecule has 174 valence electrons. The first-order valence-electron chi connectivity index (χ1n) is 10.0. The van der Waals surface area contributed by atoms with Gasteiger partial charge in [0.1, 0.15) is 5.52 Å². The Kier molecular flexibility index (Phi) is 7.36. The number of hydrogen-bond acceptors (Lipinski definition) is 9. The van der Waals surface area contributed by atoms with E-state index in [1.807, 2.05) is 0 Å². The zero-order chi connectivity index (χ0) is 24.3. The van der Waals surface area contributed by atoms with E-state index in [1.54, 1.807) is 18.3 Å². The molecule has 0 unspecified atom stereocenters. The van der Waals surface area contributed by atoms with Crippen LogP contribution >= 0.6 is 15.9 Å². The van der Waals surface area contributed by atoms with E-state index in [0.717, 1.165) is 6.92 Å². The minimum absolute atomic E-state index is 0.104. The Balaban J connectivity index is 2.01. The third-order valence-electron chi connectivity index (χ3n) is 4.73. The topological polar surface area (TPSA) is 131 Å². The molecule has 0 saturated carbocycles. The summed E-state index contributed by atoms with van der Waals surface area (Å²) in [7, 11) is 0. The lowest BCUT2D eigenvalue weighted by Gasteiger charge is -2.30. The van der Waals surface area contributed by atoms with Crippen LogP contribution in [0.3, 0.4) is 0 Å². The van der Waals surface area contributed by atoms with E-state index in [0.29, 0.717) is 34.3 Å². The van der Waals surface area contributed by atoms with E-state index in [4.69, 9.17) is 9.47 Å².